The molecule has 0 bridgehead atoms. The number of carboxylic acid groups (broad SMARTS) is 1. The molecule has 2 unspecified atom stereocenters. The van der Waals surface area contributed by atoms with Gasteiger partial charge in [-0.3, -0.25) is 9.36 Å². The van der Waals surface area contributed by atoms with Gasteiger partial charge in [0.25, 0.3) is 8.18 Å². The SMILES string of the molecule is O=C(O)C(CCc1ccc2ccccc2c1)N(Cc1ccccc1)[PH](=O)O. The van der Waals surface area contributed by atoms with Crippen LogP contribution in [0.1, 0.15) is 17.5 Å². The van der Waals surface area contributed by atoms with Gasteiger partial charge in [-0.1, -0.05) is 72.8 Å². The lowest BCUT2D eigenvalue weighted by Crippen LogP contribution is -2.36. The second-order valence-electron chi connectivity index (χ2n) is 6.47. The van der Waals surface area contributed by atoms with Crippen molar-refractivity contribution in [1.82, 2.24) is 4.67 Å². The molecule has 2 N–H and O–H groups in total. The number of benzene rings is 3. The molecule has 140 valence electrons. The van der Waals surface area contributed by atoms with E-state index in [4.69, 9.17) is 0 Å². The molecule has 3 aromatic carbocycles. The highest BCUT2D eigenvalue weighted by molar-refractivity contribution is 7.35. The maximum Gasteiger partial charge on any atom is 0.321 e. The van der Waals surface area contributed by atoms with Gasteiger partial charge in [0, 0.05) is 6.54 Å². The molecule has 3 rings (SSSR count). The van der Waals surface area contributed by atoms with Crippen LogP contribution in [0.2, 0.25) is 0 Å². The first-order valence-electron chi connectivity index (χ1n) is 8.78. The van der Waals surface area contributed by atoms with E-state index in [0.29, 0.717) is 6.42 Å². The van der Waals surface area contributed by atoms with Gasteiger partial charge in [-0.15, -0.1) is 0 Å². The van der Waals surface area contributed by atoms with Crippen LogP contribution < -0.4 is 0 Å². The van der Waals surface area contributed by atoms with Gasteiger partial charge < -0.3 is 10.00 Å². The smallest absolute Gasteiger partial charge is 0.321 e. The Morgan fingerprint density at radius 1 is 0.926 bits per heavy atom. The number of fused-ring (bicyclic) bond motifs is 1. The molecule has 0 fully saturated rings. The number of rotatable bonds is 8. The first-order chi connectivity index (χ1) is 13.0. The van der Waals surface area contributed by atoms with E-state index in [0.717, 1.165) is 21.9 Å². The zero-order valence-corrected chi connectivity index (χ0v) is 15.8. The van der Waals surface area contributed by atoms with Crippen LogP contribution >= 0.6 is 8.18 Å². The van der Waals surface area contributed by atoms with E-state index in [1.807, 2.05) is 72.8 Å². The highest BCUT2D eigenvalue weighted by Crippen LogP contribution is 2.30. The van der Waals surface area contributed by atoms with E-state index in [1.165, 1.54) is 4.67 Å². The van der Waals surface area contributed by atoms with Crippen LogP contribution in [0.3, 0.4) is 0 Å². The summed E-state index contributed by atoms with van der Waals surface area (Å²) < 4.78 is 13.1. The van der Waals surface area contributed by atoms with Crippen LogP contribution in [0, 0.1) is 0 Å². The molecule has 6 heteroatoms. The Morgan fingerprint density at radius 2 is 1.59 bits per heavy atom. The Bertz CT molecular complexity index is 945. The molecule has 0 saturated carbocycles. The largest absolute Gasteiger partial charge is 0.480 e. The van der Waals surface area contributed by atoms with Gasteiger partial charge >= 0.3 is 5.97 Å². The Hall–Kier alpha value is -2.46. The minimum absolute atomic E-state index is 0.129. The zero-order valence-electron chi connectivity index (χ0n) is 14.8. The predicted octanol–water partition coefficient (Wildman–Crippen LogP) is 4.11. The van der Waals surface area contributed by atoms with Crippen molar-refractivity contribution in [3.63, 3.8) is 0 Å². The number of carboxylic acids is 1. The molecular formula is C21H22NO4P. The molecule has 0 aromatic heterocycles. The van der Waals surface area contributed by atoms with Crippen LogP contribution in [0.15, 0.2) is 72.8 Å². The summed E-state index contributed by atoms with van der Waals surface area (Å²) in [7, 11) is -3.15. The van der Waals surface area contributed by atoms with Gasteiger partial charge in [-0.25, -0.2) is 4.67 Å². The van der Waals surface area contributed by atoms with E-state index in [2.05, 4.69) is 0 Å². The summed E-state index contributed by atoms with van der Waals surface area (Å²) in [6, 6.07) is 22.1. The molecule has 3 aromatic rings. The molecule has 0 aliphatic rings. The number of hydrogen-bond acceptors (Lipinski definition) is 2. The minimum atomic E-state index is -3.15. The Kier molecular flexibility index (Phi) is 6.40. The summed E-state index contributed by atoms with van der Waals surface area (Å²) in [5.74, 6) is -1.08. The van der Waals surface area contributed by atoms with E-state index in [-0.39, 0.29) is 13.0 Å². The zero-order chi connectivity index (χ0) is 19.2. The van der Waals surface area contributed by atoms with Gasteiger partial charge in [0.15, 0.2) is 0 Å². The fraction of sp³-hybridized carbons (Fsp3) is 0.190. The molecule has 2 atom stereocenters. The van der Waals surface area contributed by atoms with Crippen molar-refractivity contribution in [3.05, 3.63) is 83.9 Å². The van der Waals surface area contributed by atoms with Crippen molar-refractivity contribution in [2.24, 2.45) is 0 Å². The number of carbonyl (C=O) groups is 1. The third kappa shape index (κ3) is 5.04. The normalized spacial score (nSPS) is 13.6. The number of aliphatic carboxylic acids is 1. The van der Waals surface area contributed by atoms with Crippen LogP contribution in [-0.4, -0.2) is 26.7 Å². The van der Waals surface area contributed by atoms with Gasteiger partial charge in [0.1, 0.15) is 6.04 Å². The first-order valence-corrected chi connectivity index (χ1v) is 10.1. The molecule has 0 radical (unpaired) electrons. The average Bonchev–Trinajstić information content (AvgIpc) is 2.67. The van der Waals surface area contributed by atoms with Crippen LogP contribution in [0.4, 0.5) is 0 Å². The van der Waals surface area contributed by atoms with E-state index in [9.17, 15) is 19.4 Å². The standard InChI is InChI=1S/C21H22NO4P/c23-21(24)20(22(27(25)26)15-17-6-2-1-3-7-17)13-11-16-10-12-18-8-4-5-9-19(18)14-16/h1-10,12,14,20,27H,11,13,15H2,(H,23,24)(H,25,26). The second-order valence-corrected chi connectivity index (χ2v) is 7.61. The number of nitrogens with zero attached hydrogens (tertiary/aromatic N) is 1. The maximum absolute atomic E-state index is 11.9. The summed E-state index contributed by atoms with van der Waals surface area (Å²) in [5.41, 5.74) is 1.82. The summed E-state index contributed by atoms with van der Waals surface area (Å²) in [5, 5.41) is 11.9. The average molecular weight is 383 g/mol. The molecule has 0 spiro atoms. The Balaban J connectivity index is 1.76. The van der Waals surface area contributed by atoms with Crippen molar-refractivity contribution < 1.29 is 19.4 Å². The quantitative estimate of drug-likeness (QED) is 0.573. The predicted molar refractivity (Wildman–Crippen MR) is 107 cm³/mol. The number of hydrogen-bond donors (Lipinski definition) is 2. The lowest BCUT2D eigenvalue weighted by molar-refractivity contribution is -0.142. The monoisotopic (exact) mass is 383 g/mol. The topological polar surface area (TPSA) is 77.8 Å². The Labute approximate surface area is 158 Å². The molecule has 5 nitrogen and oxygen atoms in total. The van der Waals surface area contributed by atoms with Crippen LogP contribution in [-0.2, 0) is 22.3 Å². The highest BCUT2D eigenvalue weighted by atomic mass is 31.1. The van der Waals surface area contributed by atoms with Crippen molar-refractivity contribution in [2.45, 2.75) is 25.4 Å². The fourth-order valence-corrected chi connectivity index (χ4v) is 4.03. The number of aryl methyl sites for hydroxylation is 1. The maximum atomic E-state index is 11.9. The molecule has 0 aliphatic heterocycles. The summed E-state index contributed by atoms with van der Waals surface area (Å²) in [6.45, 7) is 0.129. The van der Waals surface area contributed by atoms with E-state index >= 15 is 0 Å². The van der Waals surface area contributed by atoms with Gasteiger partial charge in [0.2, 0.25) is 0 Å². The van der Waals surface area contributed by atoms with Gasteiger partial charge in [0.05, 0.1) is 0 Å². The van der Waals surface area contributed by atoms with Crippen molar-refractivity contribution in [2.75, 3.05) is 0 Å². The lowest BCUT2D eigenvalue weighted by Gasteiger charge is -2.26. The van der Waals surface area contributed by atoms with E-state index in [1.54, 1.807) is 0 Å². The fourth-order valence-electron chi connectivity index (χ4n) is 3.20. The van der Waals surface area contributed by atoms with Crippen molar-refractivity contribution in [1.29, 1.82) is 0 Å². The third-order valence-electron chi connectivity index (χ3n) is 4.62. The third-order valence-corrected chi connectivity index (χ3v) is 5.58. The molecule has 0 amide bonds. The summed E-state index contributed by atoms with van der Waals surface area (Å²) in [6.07, 6.45) is 0.777. The van der Waals surface area contributed by atoms with Crippen molar-refractivity contribution >= 4 is 24.9 Å². The molecule has 0 heterocycles. The minimum Gasteiger partial charge on any atom is -0.480 e. The molecule has 27 heavy (non-hydrogen) atoms. The summed E-state index contributed by atoms with van der Waals surface area (Å²) in [4.78, 5) is 21.5. The lowest BCUT2D eigenvalue weighted by atomic mass is 10.0. The molecular weight excluding hydrogens is 361 g/mol. The highest BCUT2D eigenvalue weighted by Gasteiger charge is 2.28. The second kappa shape index (κ2) is 8.96. The first kappa shape index (κ1) is 19.3. The molecule has 0 saturated heterocycles. The van der Waals surface area contributed by atoms with Crippen LogP contribution in [0.5, 0.6) is 0 Å². The molecule has 0 aliphatic carbocycles. The van der Waals surface area contributed by atoms with E-state index < -0.39 is 20.2 Å². The van der Waals surface area contributed by atoms with Crippen molar-refractivity contribution in [3.8, 4) is 0 Å². The van der Waals surface area contributed by atoms with Gasteiger partial charge in [-0.2, -0.15) is 0 Å². The Morgan fingerprint density at radius 3 is 2.26 bits per heavy atom. The van der Waals surface area contributed by atoms with Crippen LogP contribution in [0.25, 0.3) is 10.8 Å². The van der Waals surface area contributed by atoms with Gasteiger partial charge in [-0.05, 0) is 34.7 Å². The summed E-state index contributed by atoms with van der Waals surface area (Å²) >= 11 is 0.